The van der Waals surface area contributed by atoms with Crippen LogP contribution in [0.1, 0.15) is 5.69 Å². The molecule has 0 fully saturated rings. The number of aromatic nitrogens is 3. The quantitative estimate of drug-likeness (QED) is 0.740. The Balaban J connectivity index is 1.82. The summed E-state index contributed by atoms with van der Waals surface area (Å²) in [5.41, 5.74) is 0.759. The van der Waals surface area contributed by atoms with Crippen molar-refractivity contribution in [3.63, 3.8) is 0 Å². The SMILES string of the molecule is Clc1cccc(Cl)c1OCc1cn2cccnc2n1. The third-order valence-corrected chi connectivity index (χ3v) is 3.16. The molecule has 4 nitrogen and oxygen atoms in total. The first-order valence-electron chi connectivity index (χ1n) is 5.59. The molecule has 3 aromatic rings. The molecule has 0 saturated heterocycles. The Kier molecular flexibility index (Phi) is 3.27. The third-order valence-electron chi connectivity index (χ3n) is 2.57. The van der Waals surface area contributed by atoms with Crippen molar-refractivity contribution in [1.29, 1.82) is 0 Å². The normalized spacial score (nSPS) is 10.8. The number of fused-ring (bicyclic) bond motifs is 1. The molecular weight excluding hydrogens is 285 g/mol. The van der Waals surface area contributed by atoms with Gasteiger partial charge in [0.05, 0.1) is 15.7 Å². The average Bonchev–Trinajstić information content (AvgIpc) is 2.81. The third kappa shape index (κ3) is 2.50. The highest BCUT2D eigenvalue weighted by Crippen LogP contribution is 2.32. The first-order valence-corrected chi connectivity index (χ1v) is 6.35. The van der Waals surface area contributed by atoms with E-state index >= 15 is 0 Å². The van der Waals surface area contributed by atoms with Gasteiger partial charge in [-0.25, -0.2) is 9.97 Å². The van der Waals surface area contributed by atoms with Crippen molar-refractivity contribution in [3.05, 3.63) is 58.6 Å². The van der Waals surface area contributed by atoms with Crippen molar-refractivity contribution in [2.24, 2.45) is 0 Å². The molecule has 0 amide bonds. The van der Waals surface area contributed by atoms with E-state index in [-0.39, 0.29) is 6.61 Å². The van der Waals surface area contributed by atoms with Crippen molar-refractivity contribution >= 4 is 29.0 Å². The summed E-state index contributed by atoms with van der Waals surface area (Å²) >= 11 is 12.1. The molecule has 2 aromatic heterocycles. The maximum Gasteiger partial charge on any atom is 0.234 e. The van der Waals surface area contributed by atoms with Crippen LogP contribution in [0.2, 0.25) is 10.0 Å². The highest BCUT2D eigenvalue weighted by Gasteiger charge is 2.08. The fraction of sp³-hybridized carbons (Fsp3) is 0.0769. The minimum Gasteiger partial charge on any atom is -0.484 e. The number of hydrogen-bond donors (Lipinski definition) is 0. The van der Waals surface area contributed by atoms with Crippen LogP contribution in [-0.4, -0.2) is 14.4 Å². The molecule has 0 unspecified atom stereocenters. The summed E-state index contributed by atoms with van der Waals surface area (Å²) < 4.78 is 7.44. The highest BCUT2D eigenvalue weighted by atomic mass is 35.5. The predicted octanol–water partition coefficient (Wildman–Crippen LogP) is 3.62. The Morgan fingerprint density at radius 3 is 2.68 bits per heavy atom. The molecule has 96 valence electrons. The molecule has 19 heavy (non-hydrogen) atoms. The summed E-state index contributed by atoms with van der Waals surface area (Å²) in [5, 5.41) is 0.962. The standard InChI is InChI=1S/C13H9Cl2N3O/c14-10-3-1-4-11(15)12(10)19-8-9-7-18-6-2-5-16-13(18)17-9/h1-7H,8H2. The van der Waals surface area contributed by atoms with Crippen LogP contribution in [0.5, 0.6) is 5.75 Å². The summed E-state index contributed by atoms with van der Waals surface area (Å²) in [7, 11) is 0. The van der Waals surface area contributed by atoms with E-state index in [0.717, 1.165) is 5.69 Å². The van der Waals surface area contributed by atoms with Crippen molar-refractivity contribution < 1.29 is 4.74 Å². The number of rotatable bonds is 3. The second-order valence-electron chi connectivity index (χ2n) is 3.90. The van der Waals surface area contributed by atoms with Crippen molar-refractivity contribution in [1.82, 2.24) is 14.4 Å². The topological polar surface area (TPSA) is 39.4 Å². The van der Waals surface area contributed by atoms with Gasteiger partial charge in [0.15, 0.2) is 5.75 Å². The maximum atomic E-state index is 6.03. The van der Waals surface area contributed by atoms with E-state index in [2.05, 4.69) is 9.97 Å². The van der Waals surface area contributed by atoms with Gasteiger partial charge in [-0.15, -0.1) is 0 Å². The van der Waals surface area contributed by atoms with E-state index in [1.807, 2.05) is 22.9 Å². The first-order chi connectivity index (χ1) is 9.24. The summed E-state index contributed by atoms with van der Waals surface area (Å²) in [4.78, 5) is 8.46. The van der Waals surface area contributed by atoms with Gasteiger partial charge in [0.2, 0.25) is 5.78 Å². The number of nitrogens with zero attached hydrogens (tertiary/aromatic N) is 3. The molecule has 6 heteroatoms. The molecule has 1 aromatic carbocycles. The summed E-state index contributed by atoms with van der Waals surface area (Å²) in [6, 6.07) is 7.07. The monoisotopic (exact) mass is 293 g/mol. The second-order valence-corrected chi connectivity index (χ2v) is 4.71. The fourth-order valence-electron chi connectivity index (χ4n) is 1.72. The van der Waals surface area contributed by atoms with Gasteiger partial charge in [-0.2, -0.15) is 0 Å². The Hall–Kier alpha value is -1.78. The molecule has 0 aliphatic heterocycles. The van der Waals surface area contributed by atoms with Gasteiger partial charge in [-0.3, -0.25) is 4.40 Å². The first kappa shape index (κ1) is 12.3. The lowest BCUT2D eigenvalue weighted by molar-refractivity contribution is 0.302. The molecule has 0 spiro atoms. The van der Waals surface area contributed by atoms with Crippen molar-refractivity contribution in [2.45, 2.75) is 6.61 Å². The number of imidazole rings is 1. The van der Waals surface area contributed by atoms with Crippen LogP contribution in [0, 0.1) is 0 Å². The van der Waals surface area contributed by atoms with Gasteiger partial charge in [-0.05, 0) is 18.2 Å². The lowest BCUT2D eigenvalue weighted by Gasteiger charge is -2.07. The summed E-state index contributed by atoms with van der Waals surface area (Å²) in [5.74, 6) is 1.10. The van der Waals surface area contributed by atoms with Gasteiger partial charge in [0, 0.05) is 18.6 Å². The van der Waals surface area contributed by atoms with Crippen LogP contribution in [-0.2, 0) is 6.61 Å². The number of hydrogen-bond acceptors (Lipinski definition) is 3. The molecular formula is C13H9Cl2N3O. The molecule has 0 bridgehead atoms. The lowest BCUT2D eigenvalue weighted by Crippen LogP contribution is -1.96. The average molecular weight is 294 g/mol. The molecule has 0 aliphatic rings. The number of para-hydroxylation sites is 1. The Bertz CT molecular complexity index is 673. The number of benzene rings is 1. The smallest absolute Gasteiger partial charge is 0.234 e. The van der Waals surface area contributed by atoms with Crippen LogP contribution in [0.25, 0.3) is 5.78 Å². The van der Waals surface area contributed by atoms with E-state index in [1.165, 1.54) is 0 Å². The number of halogens is 2. The van der Waals surface area contributed by atoms with Crippen molar-refractivity contribution in [2.75, 3.05) is 0 Å². The second kappa shape index (κ2) is 5.07. The maximum absolute atomic E-state index is 6.03. The van der Waals surface area contributed by atoms with E-state index < -0.39 is 0 Å². The van der Waals surface area contributed by atoms with Crippen molar-refractivity contribution in [3.8, 4) is 5.75 Å². The zero-order valence-electron chi connectivity index (χ0n) is 9.75. The van der Waals surface area contributed by atoms with Gasteiger partial charge in [-0.1, -0.05) is 29.3 Å². The molecule has 0 N–H and O–H groups in total. The molecule has 2 heterocycles. The largest absolute Gasteiger partial charge is 0.484 e. The minimum atomic E-state index is 0.285. The van der Waals surface area contributed by atoms with Crippen LogP contribution in [0.15, 0.2) is 42.9 Å². The Morgan fingerprint density at radius 1 is 1.16 bits per heavy atom. The van der Waals surface area contributed by atoms with Gasteiger partial charge in [0.25, 0.3) is 0 Å². The van der Waals surface area contributed by atoms with E-state index in [9.17, 15) is 0 Å². The fourth-order valence-corrected chi connectivity index (χ4v) is 2.22. The highest BCUT2D eigenvalue weighted by molar-refractivity contribution is 6.37. The predicted molar refractivity (Wildman–Crippen MR) is 73.8 cm³/mol. The van der Waals surface area contributed by atoms with Crippen LogP contribution >= 0.6 is 23.2 Å². The number of ether oxygens (including phenoxy) is 1. The van der Waals surface area contributed by atoms with Gasteiger partial charge < -0.3 is 4.74 Å². The van der Waals surface area contributed by atoms with Crippen LogP contribution < -0.4 is 4.74 Å². The van der Waals surface area contributed by atoms with Crippen LogP contribution in [0.3, 0.4) is 0 Å². The zero-order chi connectivity index (χ0) is 13.2. The molecule has 0 atom stereocenters. The lowest BCUT2D eigenvalue weighted by atomic mass is 10.3. The van der Waals surface area contributed by atoms with Gasteiger partial charge in [0.1, 0.15) is 6.61 Å². The summed E-state index contributed by atoms with van der Waals surface area (Å²) in [6.07, 6.45) is 5.42. The molecule has 3 rings (SSSR count). The summed E-state index contributed by atoms with van der Waals surface area (Å²) in [6.45, 7) is 0.285. The Morgan fingerprint density at radius 2 is 1.95 bits per heavy atom. The molecule has 0 aliphatic carbocycles. The molecule has 0 radical (unpaired) electrons. The van der Waals surface area contributed by atoms with Crippen LogP contribution in [0.4, 0.5) is 0 Å². The van der Waals surface area contributed by atoms with E-state index in [4.69, 9.17) is 27.9 Å². The molecule has 0 saturated carbocycles. The van der Waals surface area contributed by atoms with Gasteiger partial charge >= 0.3 is 0 Å². The zero-order valence-corrected chi connectivity index (χ0v) is 11.3. The van der Waals surface area contributed by atoms with E-state index in [1.54, 1.807) is 24.4 Å². The Labute approximate surface area is 119 Å². The minimum absolute atomic E-state index is 0.285. The van der Waals surface area contributed by atoms with E-state index in [0.29, 0.717) is 21.6 Å².